The Hall–Kier alpha value is -1.42. The maximum Gasteiger partial charge on any atom is 0.119 e. The third kappa shape index (κ3) is 6.03. The van der Waals surface area contributed by atoms with Crippen LogP contribution >= 0.6 is 24.8 Å². The molecule has 3 N–H and O–H groups in total. The first-order chi connectivity index (χ1) is 12.2. The Bertz CT molecular complexity index is 708. The van der Waals surface area contributed by atoms with Gasteiger partial charge in [-0.25, -0.2) is 0 Å². The highest BCUT2D eigenvalue weighted by atomic mass is 35.5. The summed E-state index contributed by atoms with van der Waals surface area (Å²) in [6, 6.07) is 15.0. The second-order valence-corrected chi connectivity index (χ2v) is 7.04. The predicted molar refractivity (Wildman–Crippen MR) is 120 cm³/mol. The number of hydrogen-bond acceptors (Lipinski definition) is 3. The number of fused-ring (bicyclic) bond motifs is 1. The molecular formula is C22H32Cl2N2O. The predicted octanol–water partition coefficient (Wildman–Crippen LogP) is 5.32. The summed E-state index contributed by atoms with van der Waals surface area (Å²) in [6.07, 6.45) is 4.85. The number of halogens is 2. The van der Waals surface area contributed by atoms with E-state index in [0.29, 0.717) is 11.8 Å². The van der Waals surface area contributed by atoms with Crippen molar-refractivity contribution in [1.82, 2.24) is 5.32 Å². The molecule has 0 aromatic heterocycles. The monoisotopic (exact) mass is 410 g/mol. The summed E-state index contributed by atoms with van der Waals surface area (Å²) >= 11 is 0. The molecule has 5 heteroatoms. The molecule has 0 aliphatic heterocycles. The van der Waals surface area contributed by atoms with E-state index in [1.54, 1.807) is 0 Å². The second-order valence-electron chi connectivity index (χ2n) is 7.04. The van der Waals surface area contributed by atoms with Crippen LogP contribution in [0.25, 0.3) is 0 Å². The van der Waals surface area contributed by atoms with Gasteiger partial charge in [0.1, 0.15) is 5.75 Å². The lowest BCUT2D eigenvalue weighted by molar-refractivity contribution is 0.339. The maximum atomic E-state index is 6.01. The molecule has 0 saturated carbocycles. The topological polar surface area (TPSA) is 47.3 Å². The van der Waals surface area contributed by atoms with Crippen LogP contribution in [-0.4, -0.2) is 20.2 Å². The molecule has 2 aromatic carbocycles. The first-order valence-electron chi connectivity index (χ1n) is 9.47. The number of rotatable bonds is 7. The lowest BCUT2D eigenvalue weighted by Gasteiger charge is -2.30. The van der Waals surface area contributed by atoms with Crippen molar-refractivity contribution in [3.63, 3.8) is 0 Å². The number of aryl methyl sites for hydroxylation is 1. The van der Waals surface area contributed by atoms with E-state index in [-0.39, 0.29) is 24.8 Å². The summed E-state index contributed by atoms with van der Waals surface area (Å²) in [4.78, 5) is 0. The SMILES string of the molecule is CCOc1ccc2c(c1)CCCC2CC(CNC)c1cccc(N)c1.Cl.Cl. The number of nitrogen functional groups attached to an aromatic ring is 1. The fraction of sp³-hybridized carbons (Fsp3) is 0.455. The highest BCUT2D eigenvalue weighted by Crippen LogP contribution is 2.39. The molecule has 0 spiro atoms. The van der Waals surface area contributed by atoms with Gasteiger partial charge in [0, 0.05) is 12.2 Å². The zero-order valence-electron chi connectivity index (χ0n) is 16.2. The number of hydrogen-bond donors (Lipinski definition) is 2. The standard InChI is InChI=1S/C22H30N2O.2ClH/c1-3-25-21-10-11-22-17(7-4-8-18(22)14-21)12-19(15-24-2)16-6-5-9-20(23)13-16;;/h5-6,9-11,13-14,17,19,24H,3-4,7-8,12,15,23H2,1-2H3;2*1H. The minimum absolute atomic E-state index is 0. The second kappa shape index (κ2) is 11.4. The first-order valence-corrected chi connectivity index (χ1v) is 9.47. The molecule has 3 rings (SSSR count). The van der Waals surface area contributed by atoms with Crippen molar-refractivity contribution in [2.45, 2.75) is 44.4 Å². The zero-order chi connectivity index (χ0) is 17.6. The van der Waals surface area contributed by atoms with Gasteiger partial charge in [-0.3, -0.25) is 0 Å². The Balaban J connectivity index is 0.00000182. The fourth-order valence-corrected chi connectivity index (χ4v) is 4.13. The van der Waals surface area contributed by atoms with Crippen molar-refractivity contribution >= 4 is 30.5 Å². The van der Waals surface area contributed by atoms with E-state index < -0.39 is 0 Å². The van der Waals surface area contributed by atoms with Gasteiger partial charge in [-0.05, 0) is 92.4 Å². The minimum atomic E-state index is 0. The maximum absolute atomic E-state index is 6.01. The van der Waals surface area contributed by atoms with Crippen molar-refractivity contribution in [2.24, 2.45) is 0 Å². The molecule has 0 heterocycles. The number of anilines is 1. The summed E-state index contributed by atoms with van der Waals surface area (Å²) in [5.41, 5.74) is 11.2. The molecular weight excluding hydrogens is 379 g/mol. The smallest absolute Gasteiger partial charge is 0.119 e. The average molecular weight is 411 g/mol. The van der Waals surface area contributed by atoms with E-state index in [4.69, 9.17) is 10.5 Å². The van der Waals surface area contributed by atoms with E-state index in [9.17, 15) is 0 Å². The van der Waals surface area contributed by atoms with Gasteiger partial charge in [-0.15, -0.1) is 24.8 Å². The molecule has 27 heavy (non-hydrogen) atoms. The Morgan fingerprint density at radius 2 is 2.00 bits per heavy atom. The third-order valence-electron chi connectivity index (χ3n) is 5.27. The summed E-state index contributed by atoms with van der Waals surface area (Å²) in [5, 5.41) is 3.36. The van der Waals surface area contributed by atoms with Crippen LogP contribution in [0.5, 0.6) is 5.75 Å². The van der Waals surface area contributed by atoms with Gasteiger partial charge in [-0.2, -0.15) is 0 Å². The molecule has 2 atom stereocenters. The van der Waals surface area contributed by atoms with Crippen LogP contribution in [0.3, 0.4) is 0 Å². The van der Waals surface area contributed by atoms with Crippen molar-refractivity contribution in [2.75, 3.05) is 25.9 Å². The van der Waals surface area contributed by atoms with Gasteiger partial charge in [0.15, 0.2) is 0 Å². The van der Waals surface area contributed by atoms with Crippen LogP contribution in [0.4, 0.5) is 5.69 Å². The van der Waals surface area contributed by atoms with Crippen molar-refractivity contribution < 1.29 is 4.74 Å². The summed E-state index contributed by atoms with van der Waals surface area (Å²) in [5.74, 6) is 2.10. The van der Waals surface area contributed by atoms with E-state index in [1.165, 1.54) is 36.0 Å². The van der Waals surface area contributed by atoms with Gasteiger partial charge < -0.3 is 15.8 Å². The molecule has 0 bridgehead atoms. The van der Waals surface area contributed by atoms with Crippen molar-refractivity contribution in [3.8, 4) is 5.75 Å². The van der Waals surface area contributed by atoms with Gasteiger partial charge >= 0.3 is 0 Å². The van der Waals surface area contributed by atoms with Crippen molar-refractivity contribution in [1.29, 1.82) is 0 Å². The van der Waals surface area contributed by atoms with E-state index in [1.807, 2.05) is 20.0 Å². The molecule has 1 aliphatic carbocycles. The van der Waals surface area contributed by atoms with Crippen molar-refractivity contribution in [3.05, 3.63) is 59.2 Å². The number of benzene rings is 2. The minimum Gasteiger partial charge on any atom is -0.494 e. The van der Waals surface area contributed by atoms with E-state index in [2.05, 4.69) is 41.7 Å². The molecule has 1 aliphatic rings. The normalized spacial score (nSPS) is 16.4. The average Bonchev–Trinajstić information content (AvgIpc) is 2.61. The molecule has 2 aromatic rings. The highest BCUT2D eigenvalue weighted by molar-refractivity contribution is 5.85. The van der Waals surface area contributed by atoms with Crippen LogP contribution in [0, 0.1) is 0 Å². The van der Waals surface area contributed by atoms with E-state index >= 15 is 0 Å². The number of likely N-dealkylation sites (N-methyl/N-ethyl adjacent to an activating group) is 1. The Morgan fingerprint density at radius 1 is 1.19 bits per heavy atom. The van der Waals surface area contributed by atoms with Crippen LogP contribution < -0.4 is 15.8 Å². The lowest BCUT2D eigenvalue weighted by Crippen LogP contribution is -2.21. The Morgan fingerprint density at radius 3 is 2.70 bits per heavy atom. The van der Waals surface area contributed by atoms with Crippen LogP contribution in [-0.2, 0) is 6.42 Å². The van der Waals surface area contributed by atoms with Gasteiger partial charge in [0.25, 0.3) is 0 Å². The first kappa shape index (κ1) is 23.6. The summed E-state index contributed by atoms with van der Waals surface area (Å²) < 4.78 is 5.69. The van der Waals surface area contributed by atoms with Gasteiger partial charge in [0.05, 0.1) is 6.61 Å². The highest BCUT2D eigenvalue weighted by Gasteiger charge is 2.24. The lowest BCUT2D eigenvalue weighted by atomic mass is 9.76. The molecule has 0 saturated heterocycles. The summed E-state index contributed by atoms with van der Waals surface area (Å²) in [6.45, 7) is 3.74. The number of nitrogens with two attached hydrogens (primary N) is 1. The number of nitrogens with one attached hydrogen (secondary N) is 1. The Labute approximate surface area is 175 Å². The molecule has 3 nitrogen and oxygen atoms in total. The number of ether oxygens (including phenoxy) is 1. The third-order valence-corrected chi connectivity index (χ3v) is 5.27. The summed E-state index contributed by atoms with van der Waals surface area (Å²) in [7, 11) is 2.03. The molecule has 2 unspecified atom stereocenters. The van der Waals surface area contributed by atoms with Gasteiger partial charge in [-0.1, -0.05) is 18.2 Å². The molecule has 150 valence electrons. The molecule has 0 fully saturated rings. The van der Waals surface area contributed by atoms with Crippen LogP contribution in [0.2, 0.25) is 0 Å². The van der Waals surface area contributed by atoms with Crippen LogP contribution in [0.1, 0.15) is 54.7 Å². The van der Waals surface area contributed by atoms with Gasteiger partial charge in [0.2, 0.25) is 0 Å². The largest absolute Gasteiger partial charge is 0.494 e. The molecule has 0 amide bonds. The van der Waals surface area contributed by atoms with Crippen LogP contribution in [0.15, 0.2) is 42.5 Å². The zero-order valence-corrected chi connectivity index (χ0v) is 17.9. The van der Waals surface area contributed by atoms with E-state index in [0.717, 1.165) is 31.0 Å². The molecule has 0 radical (unpaired) electrons. The fourth-order valence-electron chi connectivity index (χ4n) is 4.13. The quantitative estimate of drug-likeness (QED) is 0.606. The Kier molecular flexibility index (Phi) is 10.00.